The summed E-state index contributed by atoms with van der Waals surface area (Å²) in [5.41, 5.74) is 20.4. The van der Waals surface area contributed by atoms with E-state index in [-0.39, 0.29) is 5.41 Å². The lowest BCUT2D eigenvalue weighted by atomic mass is 9.65. The van der Waals surface area contributed by atoms with Crippen molar-refractivity contribution in [2.24, 2.45) is 0 Å². The number of hydrogen-bond acceptors (Lipinski definition) is 2. The standard InChI is InChI=1S/C78H98N2/c1-8-22-58(23-9-1)64-34-42-72(43-35-64)79(76-54-66(60-26-12-3-13-27-60)52-67(55-76)61-28-14-4-15-29-61)74-46-38-70(39-47-74)78(50-20-7-21-51-78)71-40-48-75(49-41-71)80(73-44-36-65(37-45-73)59-24-10-2-11-25-59)77-56-68(62-30-16-5-17-31-62)53-69(57-77)63-32-18-6-19-33-63/h34-49,52-63H,1-33,50-51H2. The number of anilines is 6. The van der Waals surface area contributed by atoms with Crippen LogP contribution in [0.2, 0.25) is 0 Å². The molecule has 7 fully saturated rings. The molecule has 7 aliphatic rings. The smallest absolute Gasteiger partial charge is 0.0467 e. The van der Waals surface area contributed by atoms with Crippen molar-refractivity contribution in [1.29, 1.82) is 0 Å². The van der Waals surface area contributed by atoms with Crippen molar-refractivity contribution in [2.45, 2.75) is 266 Å². The van der Waals surface area contributed by atoms with Gasteiger partial charge in [0.1, 0.15) is 0 Å². The lowest BCUT2D eigenvalue weighted by molar-refractivity contribution is 0.346. The molecule has 6 aromatic carbocycles. The number of nitrogens with zero attached hydrogens (tertiary/aromatic N) is 2. The Labute approximate surface area is 485 Å². The average molecular weight is 1060 g/mol. The van der Waals surface area contributed by atoms with Crippen LogP contribution in [-0.2, 0) is 5.41 Å². The van der Waals surface area contributed by atoms with Crippen molar-refractivity contribution in [2.75, 3.05) is 9.80 Å². The second kappa shape index (κ2) is 25.6. The molecule has 13 rings (SSSR count). The van der Waals surface area contributed by atoms with Crippen LogP contribution in [-0.4, -0.2) is 0 Å². The van der Waals surface area contributed by atoms with Gasteiger partial charge in [0.2, 0.25) is 0 Å². The first-order chi connectivity index (χ1) is 39.6. The molecule has 2 heteroatoms. The van der Waals surface area contributed by atoms with Crippen molar-refractivity contribution >= 4 is 34.1 Å². The molecule has 0 atom stereocenters. The van der Waals surface area contributed by atoms with E-state index >= 15 is 0 Å². The molecule has 0 amide bonds. The average Bonchev–Trinajstić information content (AvgIpc) is 3.62. The maximum atomic E-state index is 2.68. The van der Waals surface area contributed by atoms with E-state index in [2.05, 4.69) is 143 Å². The second-order valence-electron chi connectivity index (χ2n) is 27.3. The maximum Gasteiger partial charge on any atom is 0.0467 e. The molecule has 0 aliphatic heterocycles. The molecule has 0 saturated heterocycles. The third-order valence-electron chi connectivity index (χ3n) is 22.3. The minimum atomic E-state index is -0.0155. The molecule has 0 heterocycles. The zero-order valence-corrected chi connectivity index (χ0v) is 49.3. The van der Waals surface area contributed by atoms with Gasteiger partial charge in [-0.25, -0.2) is 0 Å². The maximum absolute atomic E-state index is 2.68. The van der Waals surface area contributed by atoms with Gasteiger partial charge in [-0.2, -0.15) is 0 Å². The molecule has 0 radical (unpaired) electrons. The van der Waals surface area contributed by atoms with Crippen molar-refractivity contribution in [3.05, 3.63) is 178 Å². The van der Waals surface area contributed by atoms with Crippen LogP contribution >= 0.6 is 0 Å². The van der Waals surface area contributed by atoms with Crippen LogP contribution in [0.1, 0.15) is 305 Å². The summed E-state index contributed by atoms with van der Waals surface area (Å²) in [6, 6.07) is 56.1. The number of benzene rings is 6. The SMILES string of the molecule is c1cc(N(c2ccc(C3(c4ccc(N(c5ccc(C6CCCCC6)cc5)c5cc(C6CCCCC6)cc(C6CCCCC6)c5)cc4)CCCCC3)cc2)c2cc(C3CCCCC3)cc(C3CCCCC3)c2)ccc1C1CCCCC1. The van der Waals surface area contributed by atoms with Gasteiger partial charge in [0.25, 0.3) is 0 Å². The lowest BCUT2D eigenvalue weighted by Gasteiger charge is -2.39. The third kappa shape index (κ3) is 12.1. The van der Waals surface area contributed by atoms with E-state index in [4.69, 9.17) is 0 Å². The van der Waals surface area contributed by atoms with E-state index in [9.17, 15) is 0 Å². The Morgan fingerprint density at radius 3 is 0.700 bits per heavy atom. The zero-order chi connectivity index (χ0) is 53.5. The Bertz CT molecular complexity index is 2620. The van der Waals surface area contributed by atoms with Crippen molar-refractivity contribution in [1.82, 2.24) is 0 Å². The van der Waals surface area contributed by atoms with Gasteiger partial charge < -0.3 is 9.80 Å². The van der Waals surface area contributed by atoms with Gasteiger partial charge in [0.05, 0.1) is 0 Å². The molecule has 80 heavy (non-hydrogen) atoms. The predicted octanol–water partition coefficient (Wildman–Crippen LogP) is 24.2. The number of hydrogen-bond donors (Lipinski definition) is 0. The molecule has 0 spiro atoms. The van der Waals surface area contributed by atoms with Crippen LogP contribution in [0.4, 0.5) is 34.1 Å². The van der Waals surface area contributed by atoms with E-state index < -0.39 is 0 Å². The summed E-state index contributed by atoms with van der Waals surface area (Å²) in [5, 5.41) is 0. The Kier molecular flexibility index (Phi) is 17.3. The Morgan fingerprint density at radius 2 is 0.438 bits per heavy atom. The highest BCUT2D eigenvalue weighted by molar-refractivity contribution is 5.79. The first kappa shape index (κ1) is 54.2. The van der Waals surface area contributed by atoms with Gasteiger partial charge in [-0.15, -0.1) is 0 Å². The lowest BCUT2D eigenvalue weighted by Crippen LogP contribution is -2.30. The molecule has 0 aromatic heterocycles. The molecule has 7 aliphatic carbocycles. The van der Waals surface area contributed by atoms with E-state index in [0.717, 1.165) is 0 Å². The summed E-state index contributed by atoms with van der Waals surface area (Å²) < 4.78 is 0. The van der Waals surface area contributed by atoms with Gasteiger partial charge in [-0.1, -0.05) is 196 Å². The molecular weight excluding hydrogens is 965 g/mol. The van der Waals surface area contributed by atoms with Crippen molar-refractivity contribution < 1.29 is 0 Å². The molecule has 7 saturated carbocycles. The fourth-order valence-corrected chi connectivity index (χ4v) is 17.6. The van der Waals surface area contributed by atoms with Gasteiger partial charge >= 0.3 is 0 Å². The quantitative estimate of drug-likeness (QED) is 0.107. The molecular formula is C78H98N2. The fourth-order valence-electron chi connectivity index (χ4n) is 17.6. The monoisotopic (exact) mass is 1060 g/mol. The molecule has 0 unspecified atom stereocenters. The second-order valence-corrected chi connectivity index (χ2v) is 27.3. The highest BCUT2D eigenvalue weighted by atomic mass is 15.1. The van der Waals surface area contributed by atoms with Crippen LogP contribution in [0.3, 0.4) is 0 Å². The highest BCUT2D eigenvalue weighted by Crippen LogP contribution is 2.50. The van der Waals surface area contributed by atoms with Crippen LogP contribution in [0, 0.1) is 0 Å². The highest BCUT2D eigenvalue weighted by Gasteiger charge is 2.37. The van der Waals surface area contributed by atoms with Crippen LogP contribution < -0.4 is 9.80 Å². The van der Waals surface area contributed by atoms with Gasteiger partial charge in [-0.3, -0.25) is 0 Å². The number of rotatable bonds is 14. The summed E-state index contributed by atoms with van der Waals surface area (Å²) >= 11 is 0. The summed E-state index contributed by atoms with van der Waals surface area (Å²) in [7, 11) is 0. The summed E-state index contributed by atoms with van der Waals surface area (Å²) in [5.74, 6) is 4.10. The third-order valence-corrected chi connectivity index (χ3v) is 22.3. The Morgan fingerprint density at radius 1 is 0.212 bits per heavy atom. The molecule has 6 aromatic rings. The van der Waals surface area contributed by atoms with Crippen LogP contribution in [0.15, 0.2) is 133 Å². The topological polar surface area (TPSA) is 6.48 Å². The first-order valence-corrected chi connectivity index (χ1v) is 33.9. The largest absolute Gasteiger partial charge is 0.310 e. The van der Waals surface area contributed by atoms with Gasteiger partial charge in [0.15, 0.2) is 0 Å². The van der Waals surface area contributed by atoms with Crippen LogP contribution in [0.25, 0.3) is 0 Å². The predicted molar refractivity (Wildman–Crippen MR) is 341 cm³/mol. The normalized spacial score (nSPS) is 21.6. The zero-order valence-electron chi connectivity index (χ0n) is 49.3. The van der Waals surface area contributed by atoms with Crippen LogP contribution in [0.5, 0.6) is 0 Å². The molecule has 0 N–H and O–H groups in total. The molecule has 420 valence electrons. The summed E-state index contributed by atoms with van der Waals surface area (Å²) in [6.07, 6.45) is 47.1. The summed E-state index contributed by atoms with van der Waals surface area (Å²) in [4.78, 5) is 5.32. The summed E-state index contributed by atoms with van der Waals surface area (Å²) in [6.45, 7) is 0. The fraction of sp³-hybridized carbons (Fsp3) is 0.538. The molecule has 2 nitrogen and oxygen atoms in total. The minimum Gasteiger partial charge on any atom is -0.310 e. The van der Waals surface area contributed by atoms with Crippen molar-refractivity contribution in [3.63, 3.8) is 0 Å². The van der Waals surface area contributed by atoms with E-state index in [0.29, 0.717) is 35.5 Å². The van der Waals surface area contributed by atoms with E-state index in [1.165, 1.54) is 270 Å². The Balaban J connectivity index is 0.870. The minimum absolute atomic E-state index is 0.0155. The van der Waals surface area contributed by atoms with Gasteiger partial charge in [-0.05, 0) is 243 Å². The molecule has 0 bridgehead atoms. The first-order valence-electron chi connectivity index (χ1n) is 33.9. The van der Waals surface area contributed by atoms with E-state index in [1.54, 1.807) is 33.4 Å². The van der Waals surface area contributed by atoms with Gasteiger partial charge in [0, 0.05) is 39.5 Å². The van der Waals surface area contributed by atoms with Crippen molar-refractivity contribution in [3.8, 4) is 0 Å². The van der Waals surface area contributed by atoms with E-state index in [1.807, 2.05) is 0 Å². The Hall–Kier alpha value is -5.08.